The summed E-state index contributed by atoms with van der Waals surface area (Å²) < 4.78 is 10.9. The fourth-order valence-electron chi connectivity index (χ4n) is 5.34. The first-order valence-electron chi connectivity index (χ1n) is 16.2. The van der Waals surface area contributed by atoms with Crippen LogP contribution in [0.15, 0.2) is 93.8 Å². The van der Waals surface area contributed by atoms with Gasteiger partial charge in [-0.25, -0.2) is 14.1 Å². The SMILES string of the molecule is COCCNc1nc(Nc2ccc(N=Nc3n(C)cc[n+]3C)cc2)nc(Nc2ccc(NC3CCC(N=Nc4nccn4C)CC3)cc2)n1. The van der Waals surface area contributed by atoms with E-state index in [1.165, 1.54) is 0 Å². The van der Waals surface area contributed by atoms with Crippen molar-refractivity contribution >= 4 is 52.5 Å². The molecule has 1 aliphatic carbocycles. The molecule has 0 saturated heterocycles. The third-order valence-electron chi connectivity index (χ3n) is 8.06. The molecule has 3 aromatic heterocycles. The topological polar surface area (TPSA) is 172 Å². The van der Waals surface area contributed by atoms with E-state index >= 15 is 0 Å². The Kier molecular flexibility index (Phi) is 10.7. The average molecular weight is 665 g/mol. The molecule has 1 saturated carbocycles. The molecule has 16 heteroatoms. The summed E-state index contributed by atoms with van der Waals surface area (Å²) in [6, 6.07) is 16.3. The Morgan fingerprint density at radius 1 is 0.796 bits per heavy atom. The van der Waals surface area contributed by atoms with Gasteiger partial charge in [-0.3, -0.25) is 0 Å². The Morgan fingerprint density at radius 3 is 2.06 bits per heavy atom. The largest absolute Gasteiger partial charge is 0.421 e. The number of rotatable bonds is 14. The number of methoxy groups -OCH3 is 1. The summed E-state index contributed by atoms with van der Waals surface area (Å²) in [4.78, 5) is 18.0. The maximum Gasteiger partial charge on any atom is 0.421 e. The zero-order chi connectivity index (χ0) is 34.0. The van der Waals surface area contributed by atoms with Crippen molar-refractivity contribution in [3.05, 3.63) is 73.3 Å². The summed E-state index contributed by atoms with van der Waals surface area (Å²) >= 11 is 0. The Labute approximate surface area is 284 Å². The third-order valence-corrected chi connectivity index (χ3v) is 8.06. The van der Waals surface area contributed by atoms with Crippen molar-refractivity contribution in [2.45, 2.75) is 37.8 Å². The molecule has 0 atom stereocenters. The standard InChI is InChI=1S/C33H41N15O/c1-46-19-17-35-32(46)44-42-27-13-9-24(10-14-27)36-23-5-7-25(8-6-23)37-30-39-29(34-18-22-49-4)40-31(41-30)38-26-11-15-28(16-12-26)43-45-33-47(2)20-21-48(33)3/h5-8,11-12,15-17,19-21,24,27H,9-10,13-14,18,22H2,1-4H3,(H3,34,35,36,37,38,39,40,41,42,43,44)/p+1. The molecule has 0 aliphatic heterocycles. The van der Waals surface area contributed by atoms with Crippen LogP contribution in [0.2, 0.25) is 0 Å². The number of nitrogens with zero attached hydrogens (tertiary/aromatic N) is 11. The highest BCUT2D eigenvalue weighted by Gasteiger charge is 2.21. The molecule has 254 valence electrons. The molecule has 1 fully saturated rings. The van der Waals surface area contributed by atoms with Crippen molar-refractivity contribution in [3.8, 4) is 0 Å². The van der Waals surface area contributed by atoms with E-state index in [4.69, 9.17) is 4.74 Å². The molecule has 1 aliphatic rings. The van der Waals surface area contributed by atoms with Crippen LogP contribution in [0.1, 0.15) is 25.7 Å². The number of imidazole rings is 2. The first-order valence-corrected chi connectivity index (χ1v) is 16.2. The minimum absolute atomic E-state index is 0.231. The molecule has 16 nitrogen and oxygen atoms in total. The van der Waals surface area contributed by atoms with Crippen LogP contribution in [-0.4, -0.2) is 61.4 Å². The summed E-state index contributed by atoms with van der Waals surface area (Å²) in [6.07, 6.45) is 11.5. The fourth-order valence-corrected chi connectivity index (χ4v) is 5.34. The molecule has 6 rings (SSSR count). The van der Waals surface area contributed by atoms with Crippen LogP contribution in [0.3, 0.4) is 0 Å². The summed E-state index contributed by atoms with van der Waals surface area (Å²) in [6.45, 7) is 1.06. The number of nitrogens with one attached hydrogen (secondary N) is 4. The van der Waals surface area contributed by atoms with Gasteiger partial charge >= 0.3 is 5.95 Å². The predicted octanol–water partition coefficient (Wildman–Crippen LogP) is 6.24. The van der Waals surface area contributed by atoms with Crippen molar-refractivity contribution in [1.29, 1.82) is 0 Å². The van der Waals surface area contributed by atoms with Crippen molar-refractivity contribution in [2.75, 3.05) is 41.5 Å². The third kappa shape index (κ3) is 9.19. The molecule has 3 heterocycles. The van der Waals surface area contributed by atoms with Crippen LogP contribution in [-0.2, 0) is 25.9 Å². The number of azo groups is 2. The van der Waals surface area contributed by atoms with Gasteiger partial charge in [-0.2, -0.15) is 20.1 Å². The van der Waals surface area contributed by atoms with Gasteiger partial charge in [-0.15, -0.1) is 5.11 Å². The Hall–Kier alpha value is -5.77. The molecule has 0 spiro atoms. The van der Waals surface area contributed by atoms with E-state index in [1.807, 2.05) is 89.8 Å². The molecule has 0 bridgehead atoms. The van der Waals surface area contributed by atoms with Gasteiger partial charge in [0, 0.05) is 61.3 Å². The molecule has 49 heavy (non-hydrogen) atoms. The van der Waals surface area contributed by atoms with Gasteiger partial charge in [-0.1, -0.05) is 5.11 Å². The first-order chi connectivity index (χ1) is 23.9. The molecule has 0 radical (unpaired) electrons. The first kappa shape index (κ1) is 33.1. The molecule has 0 amide bonds. The highest BCUT2D eigenvalue weighted by Crippen LogP contribution is 2.27. The summed E-state index contributed by atoms with van der Waals surface area (Å²) in [5.74, 6) is 2.59. The number of hydrogen-bond acceptors (Lipinski definition) is 13. The van der Waals surface area contributed by atoms with Crippen LogP contribution >= 0.6 is 0 Å². The maximum absolute atomic E-state index is 5.18. The average Bonchev–Trinajstić information content (AvgIpc) is 3.67. The Bertz CT molecular complexity index is 1840. The van der Waals surface area contributed by atoms with Gasteiger partial charge in [0.25, 0.3) is 0 Å². The van der Waals surface area contributed by atoms with E-state index in [9.17, 15) is 0 Å². The zero-order valence-electron chi connectivity index (χ0n) is 28.2. The molecular weight excluding hydrogens is 622 g/mol. The van der Waals surface area contributed by atoms with Gasteiger partial charge in [0.1, 0.15) is 5.69 Å². The van der Waals surface area contributed by atoms with E-state index in [2.05, 4.69) is 73.8 Å². The number of benzene rings is 2. The minimum Gasteiger partial charge on any atom is -0.383 e. The quantitative estimate of drug-likeness (QED) is 0.0609. The second-order valence-electron chi connectivity index (χ2n) is 11.8. The number of aromatic nitrogens is 7. The van der Waals surface area contributed by atoms with Crippen LogP contribution in [0.25, 0.3) is 0 Å². The number of anilines is 6. The van der Waals surface area contributed by atoms with E-state index < -0.39 is 0 Å². The van der Waals surface area contributed by atoms with Crippen LogP contribution in [0.5, 0.6) is 0 Å². The zero-order valence-corrected chi connectivity index (χ0v) is 28.2. The molecule has 2 aromatic carbocycles. The maximum atomic E-state index is 5.18. The van der Waals surface area contributed by atoms with Crippen molar-refractivity contribution in [1.82, 2.24) is 29.1 Å². The normalized spacial score (nSPS) is 16.3. The lowest BCUT2D eigenvalue weighted by Crippen LogP contribution is -2.27. The summed E-state index contributed by atoms with van der Waals surface area (Å²) in [5.41, 5.74) is 3.43. The number of aryl methyl sites for hydroxylation is 3. The van der Waals surface area contributed by atoms with Gasteiger partial charge in [0.05, 0.1) is 39.1 Å². The fraction of sp³-hybridized carbons (Fsp3) is 0.364. The van der Waals surface area contributed by atoms with E-state index in [-0.39, 0.29) is 6.04 Å². The Balaban J connectivity index is 1.06. The number of ether oxygens (including phenoxy) is 1. The molecule has 5 aromatic rings. The van der Waals surface area contributed by atoms with Gasteiger partial charge in [0.2, 0.25) is 23.8 Å². The Morgan fingerprint density at radius 2 is 1.45 bits per heavy atom. The smallest absolute Gasteiger partial charge is 0.383 e. The minimum atomic E-state index is 0.231. The number of hydrogen-bond donors (Lipinski definition) is 4. The highest BCUT2D eigenvalue weighted by molar-refractivity contribution is 5.62. The van der Waals surface area contributed by atoms with Gasteiger partial charge in [-0.05, 0) is 74.2 Å². The van der Waals surface area contributed by atoms with Crippen molar-refractivity contribution < 1.29 is 9.30 Å². The molecule has 4 N–H and O–H groups in total. The van der Waals surface area contributed by atoms with Crippen molar-refractivity contribution in [3.63, 3.8) is 0 Å². The second-order valence-corrected chi connectivity index (χ2v) is 11.8. The monoisotopic (exact) mass is 664 g/mol. The lowest BCUT2D eigenvalue weighted by molar-refractivity contribution is -0.657. The van der Waals surface area contributed by atoms with Crippen LogP contribution in [0, 0.1) is 0 Å². The van der Waals surface area contributed by atoms with Crippen LogP contribution in [0.4, 0.5) is 52.5 Å². The van der Waals surface area contributed by atoms with E-state index in [1.54, 1.807) is 13.3 Å². The highest BCUT2D eigenvalue weighted by atomic mass is 16.5. The lowest BCUT2D eigenvalue weighted by Gasteiger charge is -2.27. The van der Waals surface area contributed by atoms with Crippen molar-refractivity contribution in [2.24, 2.45) is 41.6 Å². The molecular formula is C33H42N15O+. The van der Waals surface area contributed by atoms with E-state index in [0.717, 1.165) is 54.4 Å². The van der Waals surface area contributed by atoms with Crippen LogP contribution < -0.4 is 25.8 Å². The second kappa shape index (κ2) is 15.9. The summed E-state index contributed by atoms with van der Waals surface area (Å²) in [5, 5.41) is 31.0. The molecule has 0 unspecified atom stereocenters. The lowest BCUT2D eigenvalue weighted by atomic mass is 9.91. The predicted molar refractivity (Wildman–Crippen MR) is 188 cm³/mol. The van der Waals surface area contributed by atoms with Gasteiger partial charge < -0.3 is 30.6 Å². The summed E-state index contributed by atoms with van der Waals surface area (Å²) in [7, 11) is 7.43. The van der Waals surface area contributed by atoms with Gasteiger partial charge in [0.15, 0.2) is 0 Å². The van der Waals surface area contributed by atoms with E-state index in [0.29, 0.717) is 43.0 Å².